The smallest absolute Gasteiger partial charge is 0.228 e. The highest BCUT2D eigenvalue weighted by molar-refractivity contribution is 7.20. The number of carbonyl (C=O) groups excluding carboxylic acids is 1. The number of halogens is 1. The number of para-hydroxylation sites is 1. The predicted octanol–water partition coefficient (Wildman–Crippen LogP) is 4.04. The molecule has 7 heteroatoms. The van der Waals surface area contributed by atoms with Crippen LogP contribution in [0.5, 0.6) is 0 Å². The number of nitrogens with zero attached hydrogens (tertiary/aromatic N) is 3. The summed E-state index contributed by atoms with van der Waals surface area (Å²) in [7, 11) is 0. The van der Waals surface area contributed by atoms with Crippen molar-refractivity contribution in [2.45, 2.75) is 20.8 Å². The van der Waals surface area contributed by atoms with Crippen molar-refractivity contribution in [3.63, 3.8) is 0 Å². The maximum absolute atomic E-state index is 11.9. The molecule has 0 aliphatic rings. The lowest BCUT2D eigenvalue weighted by Crippen LogP contribution is -2.19. The van der Waals surface area contributed by atoms with Gasteiger partial charge in [-0.05, 0) is 19.1 Å². The first kappa shape index (κ1) is 15.0. The van der Waals surface area contributed by atoms with Crippen LogP contribution in [0.4, 0.5) is 5.82 Å². The minimum absolute atomic E-state index is 0.0553. The van der Waals surface area contributed by atoms with Crippen molar-refractivity contribution in [2.24, 2.45) is 5.92 Å². The normalized spacial score (nSPS) is 11.3. The number of anilines is 1. The zero-order valence-electron chi connectivity index (χ0n) is 12.4. The Hall–Kier alpha value is -1.92. The summed E-state index contributed by atoms with van der Waals surface area (Å²) in [6.07, 6.45) is 0. The molecule has 0 aliphatic carbocycles. The molecule has 0 aliphatic heterocycles. The van der Waals surface area contributed by atoms with Crippen molar-refractivity contribution in [3.8, 4) is 5.13 Å². The lowest BCUT2D eigenvalue weighted by atomic mass is 10.2. The van der Waals surface area contributed by atoms with Gasteiger partial charge in [-0.25, -0.2) is 4.98 Å². The third-order valence-electron chi connectivity index (χ3n) is 3.15. The number of benzene rings is 1. The van der Waals surface area contributed by atoms with Crippen molar-refractivity contribution in [1.82, 2.24) is 14.8 Å². The van der Waals surface area contributed by atoms with E-state index in [4.69, 9.17) is 11.6 Å². The van der Waals surface area contributed by atoms with Crippen LogP contribution >= 0.6 is 22.9 Å². The molecule has 1 amide bonds. The number of nitrogens with one attached hydrogen (secondary N) is 1. The molecule has 0 radical (unpaired) electrons. The van der Waals surface area contributed by atoms with E-state index >= 15 is 0 Å². The van der Waals surface area contributed by atoms with Gasteiger partial charge in [0.15, 0.2) is 0 Å². The van der Waals surface area contributed by atoms with Crippen molar-refractivity contribution >= 4 is 44.9 Å². The number of hydrogen-bond acceptors (Lipinski definition) is 4. The number of rotatable bonds is 3. The van der Waals surface area contributed by atoms with E-state index in [9.17, 15) is 4.79 Å². The minimum atomic E-state index is -0.103. The van der Waals surface area contributed by atoms with E-state index in [0.717, 1.165) is 15.9 Å². The molecule has 0 spiro atoms. The monoisotopic (exact) mass is 334 g/mol. The summed E-state index contributed by atoms with van der Waals surface area (Å²) in [6.45, 7) is 5.57. The molecule has 3 rings (SSSR count). The molecule has 1 N–H and O–H groups in total. The average molecular weight is 335 g/mol. The molecular formula is C15H15ClN4OS. The highest BCUT2D eigenvalue weighted by Crippen LogP contribution is 2.31. The highest BCUT2D eigenvalue weighted by Gasteiger charge is 2.16. The molecule has 0 fully saturated rings. The second kappa shape index (κ2) is 5.70. The van der Waals surface area contributed by atoms with Crippen LogP contribution < -0.4 is 5.32 Å². The van der Waals surface area contributed by atoms with Gasteiger partial charge in [0.1, 0.15) is 11.3 Å². The molecule has 114 valence electrons. The van der Waals surface area contributed by atoms with Gasteiger partial charge in [-0.15, -0.1) is 0 Å². The molecule has 0 atom stereocenters. The molecule has 5 nitrogen and oxygen atoms in total. The van der Waals surface area contributed by atoms with E-state index in [0.29, 0.717) is 16.0 Å². The Morgan fingerprint density at radius 3 is 2.86 bits per heavy atom. The number of aromatic nitrogens is 3. The third-order valence-corrected chi connectivity index (χ3v) is 4.45. The second-order valence-corrected chi connectivity index (χ2v) is 6.73. The first-order valence-electron chi connectivity index (χ1n) is 6.88. The van der Waals surface area contributed by atoms with Crippen LogP contribution in [0.3, 0.4) is 0 Å². The van der Waals surface area contributed by atoms with Crippen molar-refractivity contribution < 1.29 is 4.79 Å². The minimum Gasteiger partial charge on any atom is -0.310 e. The number of thiazole rings is 1. The van der Waals surface area contributed by atoms with Gasteiger partial charge in [0.25, 0.3) is 0 Å². The van der Waals surface area contributed by atoms with Crippen LogP contribution in [0.1, 0.15) is 19.5 Å². The first-order chi connectivity index (χ1) is 10.5. The van der Waals surface area contributed by atoms with Gasteiger partial charge in [0.05, 0.1) is 15.4 Å². The average Bonchev–Trinajstić information content (AvgIpc) is 3.03. The number of aryl methyl sites for hydroxylation is 1. The van der Waals surface area contributed by atoms with Gasteiger partial charge in [-0.1, -0.05) is 42.9 Å². The summed E-state index contributed by atoms with van der Waals surface area (Å²) in [5.74, 6) is 0.458. The van der Waals surface area contributed by atoms with E-state index in [1.165, 1.54) is 11.3 Å². The standard InChI is InChI=1S/C15H15ClN4OS/c1-8(2)14(21)17-12-7-9(3)19-20(12)15-18-13-10(16)5-4-6-11(13)22-15/h4-8H,1-3H3,(H,17,21). The van der Waals surface area contributed by atoms with Gasteiger partial charge in [-0.2, -0.15) is 9.78 Å². The van der Waals surface area contributed by atoms with Gasteiger partial charge in [0.2, 0.25) is 11.0 Å². The molecule has 2 heterocycles. The van der Waals surface area contributed by atoms with E-state index in [-0.39, 0.29) is 11.8 Å². The fourth-order valence-corrected chi connectivity index (χ4v) is 3.23. The van der Waals surface area contributed by atoms with Crippen LogP contribution in [0.2, 0.25) is 5.02 Å². The zero-order valence-corrected chi connectivity index (χ0v) is 14.0. The highest BCUT2D eigenvalue weighted by atomic mass is 35.5. The Morgan fingerprint density at radius 1 is 1.41 bits per heavy atom. The third kappa shape index (κ3) is 2.71. The maximum Gasteiger partial charge on any atom is 0.228 e. The van der Waals surface area contributed by atoms with Crippen LogP contribution in [-0.4, -0.2) is 20.7 Å². The number of carbonyl (C=O) groups is 1. The number of hydrogen-bond donors (Lipinski definition) is 1. The molecule has 0 saturated carbocycles. The molecule has 3 aromatic rings. The Balaban J connectivity index is 2.06. The largest absolute Gasteiger partial charge is 0.310 e. The molecule has 0 unspecified atom stereocenters. The zero-order chi connectivity index (χ0) is 15.9. The van der Waals surface area contributed by atoms with Crippen LogP contribution in [0, 0.1) is 12.8 Å². The summed E-state index contributed by atoms with van der Waals surface area (Å²) in [4.78, 5) is 16.5. The molecular weight excluding hydrogens is 320 g/mol. The molecule has 0 saturated heterocycles. The second-order valence-electron chi connectivity index (χ2n) is 5.31. The van der Waals surface area contributed by atoms with Gasteiger partial charge >= 0.3 is 0 Å². The van der Waals surface area contributed by atoms with E-state index < -0.39 is 0 Å². The summed E-state index contributed by atoms with van der Waals surface area (Å²) >= 11 is 7.65. The van der Waals surface area contributed by atoms with Crippen molar-refractivity contribution in [1.29, 1.82) is 0 Å². The number of fused-ring (bicyclic) bond motifs is 1. The lowest BCUT2D eigenvalue weighted by Gasteiger charge is -2.08. The van der Waals surface area contributed by atoms with Crippen LogP contribution in [0.25, 0.3) is 15.3 Å². The van der Waals surface area contributed by atoms with E-state index in [1.807, 2.05) is 45.0 Å². The van der Waals surface area contributed by atoms with Crippen LogP contribution in [-0.2, 0) is 4.79 Å². The summed E-state index contributed by atoms with van der Waals surface area (Å²) in [5, 5.41) is 8.59. The Labute approximate surface area is 136 Å². The summed E-state index contributed by atoms with van der Waals surface area (Å²) < 4.78 is 2.63. The Kier molecular flexibility index (Phi) is 3.88. The molecule has 2 aromatic heterocycles. The van der Waals surface area contributed by atoms with Gasteiger partial charge in [-0.3, -0.25) is 4.79 Å². The van der Waals surface area contributed by atoms with Crippen molar-refractivity contribution in [3.05, 3.63) is 35.0 Å². The molecule has 1 aromatic carbocycles. The van der Waals surface area contributed by atoms with Gasteiger partial charge in [0, 0.05) is 12.0 Å². The van der Waals surface area contributed by atoms with Crippen LogP contribution in [0.15, 0.2) is 24.3 Å². The Bertz CT molecular complexity index is 852. The predicted molar refractivity (Wildman–Crippen MR) is 90.0 cm³/mol. The van der Waals surface area contributed by atoms with Gasteiger partial charge < -0.3 is 5.32 Å². The maximum atomic E-state index is 11.9. The SMILES string of the molecule is Cc1cc(NC(=O)C(C)C)n(-c2nc3c(Cl)cccc3s2)n1. The topological polar surface area (TPSA) is 59.8 Å². The summed E-state index contributed by atoms with van der Waals surface area (Å²) in [6, 6.07) is 7.49. The fraction of sp³-hybridized carbons (Fsp3) is 0.267. The number of amides is 1. The first-order valence-corrected chi connectivity index (χ1v) is 8.08. The van der Waals surface area contributed by atoms with E-state index in [1.54, 1.807) is 4.68 Å². The van der Waals surface area contributed by atoms with E-state index in [2.05, 4.69) is 15.4 Å². The quantitative estimate of drug-likeness (QED) is 0.786. The van der Waals surface area contributed by atoms with Crippen molar-refractivity contribution in [2.75, 3.05) is 5.32 Å². The molecule has 22 heavy (non-hydrogen) atoms. The Morgan fingerprint density at radius 2 is 2.18 bits per heavy atom. The lowest BCUT2D eigenvalue weighted by molar-refractivity contribution is -0.118. The molecule has 0 bridgehead atoms. The summed E-state index contributed by atoms with van der Waals surface area (Å²) in [5.41, 5.74) is 1.56. The fourth-order valence-electron chi connectivity index (χ4n) is 2.00.